The summed E-state index contributed by atoms with van der Waals surface area (Å²) in [6, 6.07) is 16.4. The standard InChI is InChI=1S/C22H26N2O2/c1-17-6-8-18(9-7-17)15-23-22(25)20-10-12-24(13-11-20)16-19-4-3-5-21(14-19)26-2/h3-10,14H,11-13,15-16H2,1-2H3,(H,23,25). The van der Waals surface area contributed by atoms with Crippen molar-refractivity contribution >= 4 is 5.91 Å². The van der Waals surface area contributed by atoms with Crippen LogP contribution in [0.15, 0.2) is 60.2 Å². The molecule has 0 unspecified atom stereocenters. The molecule has 1 aliphatic heterocycles. The summed E-state index contributed by atoms with van der Waals surface area (Å²) in [7, 11) is 1.68. The highest BCUT2D eigenvalue weighted by Gasteiger charge is 2.17. The maximum atomic E-state index is 12.4. The van der Waals surface area contributed by atoms with E-state index < -0.39 is 0 Å². The van der Waals surface area contributed by atoms with Crippen LogP contribution < -0.4 is 10.1 Å². The first-order valence-corrected chi connectivity index (χ1v) is 9.02. The minimum Gasteiger partial charge on any atom is -0.497 e. The molecule has 1 aliphatic rings. The van der Waals surface area contributed by atoms with Crippen LogP contribution in [0.2, 0.25) is 0 Å². The molecular formula is C22H26N2O2. The molecule has 0 bridgehead atoms. The summed E-state index contributed by atoms with van der Waals surface area (Å²) < 4.78 is 5.28. The number of hydrogen-bond donors (Lipinski definition) is 1. The van der Waals surface area contributed by atoms with Gasteiger partial charge in [-0.05, 0) is 36.6 Å². The highest BCUT2D eigenvalue weighted by atomic mass is 16.5. The summed E-state index contributed by atoms with van der Waals surface area (Å²) in [5.74, 6) is 0.929. The third kappa shape index (κ3) is 4.96. The minimum atomic E-state index is 0.0478. The lowest BCUT2D eigenvalue weighted by Gasteiger charge is -2.26. The number of rotatable bonds is 6. The van der Waals surface area contributed by atoms with E-state index in [2.05, 4.69) is 53.5 Å². The van der Waals surface area contributed by atoms with Gasteiger partial charge >= 0.3 is 0 Å². The number of aryl methyl sites for hydroxylation is 1. The Morgan fingerprint density at radius 3 is 2.65 bits per heavy atom. The van der Waals surface area contributed by atoms with E-state index >= 15 is 0 Å². The van der Waals surface area contributed by atoms with E-state index in [1.165, 1.54) is 11.1 Å². The molecule has 4 heteroatoms. The van der Waals surface area contributed by atoms with Crippen LogP contribution in [0, 0.1) is 6.92 Å². The molecule has 1 amide bonds. The third-order valence-electron chi connectivity index (χ3n) is 4.70. The van der Waals surface area contributed by atoms with Crippen molar-refractivity contribution in [3.05, 3.63) is 76.9 Å². The van der Waals surface area contributed by atoms with Crippen molar-refractivity contribution in [1.29, 1.82) is 0 Å². The largest absolute Gasteiger partial charge is 0.497 e. The topological polar surface area (TPSA) is 41.6 Å². The van der Waals surface area contributed by atoms with E-state index in [0.29, 0.717) is 6.54 Å². The van der Waals surface area contributed by atoms with Crippen LogP contribution in [-0.2, 0) is 17.9 Å². The monoisotopic (exact) mass is 350 g/mol. The molecule has 0 radical (unpaired) electrons. The van der Waals surface area contributed by atoms with Crippen molar-refractivity contribution in [2.45, 2.75) is 26.4 Å². The van der Waals surface area contributed by atoms with Crippen molar-refractivity contribution < 1.29 is 9.53 Å². The van der Waals surface area contributed by atoms with Gasteiger partial charge in [0.2, 0.25) is 5.91 Å². The van der Waals surface area contributed by atoms with Crippen LogP contribution in [0.5, 0.6) is 5.75 Å². The van der Waals surface area contributed by atoms with Crippen LogP contribution in [0.25, 0.3) is 0 Å². The Bertz CT molecular complexity index is 781. The zero-order valence-corrected chi connectivity index (χ0v) is 15.5. The highest BCUT2D eigenvalue weighted by Crippen LogP contribution is 2.17. The number of methoxy groups -OCH3 is 1. The van der Waals surface area contributed by atoms with Gasteiger partial charge in [0.25, 0.3) is 0 Å². The normalized spacial score (nSPS) is 14.6. The Labute approximate surface area is 155 Å². The average Bonchev–Trinajstić information content (AvgIpc) is 2.68. The lowest BCUT2D eigenvalue weighted by molar-refractivity contribution is -0.117. The zero-order valence-electron chi connectivity index (χ0n) is 15.5. The molecule has 0 fully saturated rings. The van der Waals surface area contributed by atoms with E-state index in [1.54, 1.807) is 7.11 Å². The van der Waals surface area contributed by atoms with Crippen molar-refractivity contribution in [2.75, 3.05) is 20.2 Å². The highest BCUT2D eigenvalue weighted by molar-refractivity contribution is 5.93. The molecule has 1 N–H and O–H groups in total. The van der Waals surface area contributed by atoms with E-state index in [0.717, 1.165) is 42.9 Å². The molecular weight excluding hydrogens is 324 g/mol. The van der Waals surface area contributed by atoms with Gasteiger partial charge < -0.3 is 10.1 Å². The van der Waals surface area contributed by atoms with Gasteiger partial charge in [0.05, 0.1) is 7.11 Å². The number of amides is 1. The number of nitrogens with zero attached hydrogens (tertiary/aromatic N) is 1. The van der Waals surface area contributed by atoms with E-state index in [-0.39, 0.29) is 5.91 Å². The fourth-order valence-corrected chi connectivity index (χ4v) is 3.09. The molecule has 3 rings (SSSR count). The summed E-state index contributed by atoms with van der Waals surface area (Å²) in [4.78, 5) is 14.7. The Balaban J connectivity index is 1.50. The molecule has 0 aliphatic carbocycles. The second-order valence-corrected chi connectivity index (χ2v) is 6.73. The molecule has 0 saturated heterocycles. The molecule has 0 atom stereocenters. The van der Waals surface area contributed by atoms with Crippen molar-refractivity contribution in [2.24, 2.45) is 0 Å². The molecule has 2 aromatic rings. The minimum absolute atomic E-state index is 0.0478. The van der Waals surface area contributed by atoms with Crippen molar-refractivity contribution in [3.63, 3.8) is 0 Å². The SMILES string of the molecule is COc1cccc(CN2CC=C(C(=O)NCc3ccc(C)cc3)CC2)c1. The summed E-state index contributed by atoms with van der Waals surface area (Å²) in [6.07, 6.45) is 2.83. The number of benzene rings is 2. The molecule has 26 heavy (non-hydrogen) atoms. The predicted molar refractivity (Wildman–Crippen MR) is 104 cm³/mol. The van der Waals surface area contributed by atoms with Crippen LogP contribution in [-0.4, -0.2) is 31.0 Å². The zero-order chi connectivity index (χ0) is 18.4. The number of nitrogens with one attached hydrogen (secondary N) is 1. The number of hydrogen-bond acceptors (Lipinski definition) is 3. The average molecular weight is 350 g/mol. The van der Waals surface area contributed by atoms with Gasteiger partial charge in [-0.3, -0.25) is 9.69 Å². The molecule has 0 spiro atoms. The van der Waals surface area contributed by atoms with Crippen LogP contribution >= 0.6 is 0 Å². The Kier molecular flexibility index (Phi) is 6.08. The number of carbonyl (C=O) groups is 1. The smallest absolute Gasteiger partial charge is 0.247 e. The number of carbonyl (C=O) groups excluding carboxylic acids is 1. The van der Waals surface area contributed by atoms with Gasteiger partial charge in [0.1, 0.15) is 5.75 Å². The fraction of sp³-hybridized carbons (Fsp3) is 0.318. The Morgan fingerprint density at radius 1 is 1.15 bits per heavy atom. The molecule has 2 aromatic carbocycles. The quantitative estimate of drug-likeness (QED) is 0.868. The van der Waals surface area contributed by atoms with Gasteiger partial charge in [-0.1, -0.05) is 48.0 Å². The maximum absolute atomic E-state index is 12.4. The van der Waals surface area contributed by atoms with Crippen molar-refractivity contribution in [1.82, 2.24) is 10.2 Å². The molecule has 136 valence electrons. The van der Waals surface area contributed by atoms with Crippen LogP contribution in [0.1, 0.15) is 23.1 Å². The molecule has 1 heterocycles. The third-order valence-corrected chi connectivity index (χ3v) is 4.70. The second-order valence-electron chi connectivity index (χ2n) is 6.73. The first-order chi connectivity index (χ1) is 12.6. The lowest BCUT2D eigenvalue weighted by atomic mass is 10.1. The summed E-state index contributed by atoms with van der Waals surface area (Å²) >= 11 is 0. The van der Waals surface area contributed by atoms with Gasteiger partial charge in [-0.25, -0.2) is 0 Å². The first-order valence-electron chi connectivity index (χ1n) is 9.02. The van der Waals surface area contributed by atoms with Gasteiger partial charge in [0, 0.05) is 31.8 Å². The second kappa shape index (κ2) is 8.68. The van der Waals surface area contributed by atoms with Crippen LogP contribution in [0.3, 0.4) is 0 Å². The first kappa shape index (κ1) is 18.2. The van der Waals surface area contributed by atoms with Crippen molar-refractivity contribution in [3.8, 4) is 5.75 Å². The van der Waals surface area contributed by atoms with Gasteiger partial charge in [0.15, 0.2) is 0 Å². The number of ether oxygens (including phenoxy) is 1. The molecule has 4 nitrogen and oxygen atoms in total. The Hall–Kier alpha value is -2.59. The maximum Gasteiger partial charge on any atom is 0.247 e. The van der Waals surface area contributed by atoms with Gasteiger partial charge in [-0.2, -0.15) is 0 Å². The van der Waals surface area contributed by atoms with Gasteiger partial charge in [-0.15, -0.1) is 0 Å². The molecule has 0 saturated carbocycles. The van der Waals surface area contributed by atoms with E-state index in [1.807, 2.05) is 18.2 Å². The lowest BCUT2D eigenvalue weighted by Crippen LogP contribution is -2.33. The molecule has 0 aromatic heterocycles. The Morgan fingerprint density at radius 2 is 1.96 bits per heavy atom. The fourth-order valence-electron chi connectivity index (χ4n) is 3.09. The summed E-state index contributed by atoms with van der Waals surface area (Å²) in [5.41, 5.74) is 4.47. The van der Waals surface area contributed by atoms with E-state index in [9.17, 15) is 4.79 Å². The predicted octanol–water partition coefficient (Wildman–Crippen LogP) is 3.45. The van der Waals surface area contributed by atoms with Crippen LogP contribution in [0.4, 0.5) is 0 Å². The van der Waals surface area contributed by atoms with E-state index in [4.69, 9.17) is 4.74 Å². The summed E-state index contributed by atoms with van der Waals surface area (Å²) in [6.45, 7) is 5.19. The summed E-state index contributed by atoms with van der Waals surface area (Å²) in [5, 5.41) is 3.03.